The zero-order chi connectivity index (χ0) is 19.2. The van der Waals surface area contributed by atoms with E-state index in [1.54, 1.807) is 0 Å². The van der Waals surface area contributed by atoms with Gasteiger partial charge in [0.25, 0.3) is 5.91 Å². The Kier molecular flexibility index (Phi) is 5.24. The number of benzene rings is 3. The highest BCUT2D eigenvalue weighted by Gasteiger charge is 2.09. The average Bonchev–Trinajstić information content (AvgIpc) is 2.77. The quantitative estimate of drug-likeness (QED) is 0.555. The Balaban J connectivity index is 1.33. The summed E-state index contributed by atoms with van der Waals surface area (Å²) in [5.74, 6) is 0.544. The summed E-state index contributed by atoms with van der Waals surface area (Å²) >= 11 is 0. The molecule has 5 nitrogen and oxygen atoms in total. The van der Waals surface area contributed by atoms with E-state index < -0.39 is 0 Å². The molecular weight excluding hydrogens is 350 g/mol. The molecule has 138 valence electrons. The van der Waals surface area contributed by atoms with Crippen LogP contribution in [0.5, 0.6) is 5.75 Å². The molecule has 0 fully saturated rings. The van der Waals surface area contributed by atoms with E-state index in [0.29, 0.717) is 24.4 Å². The average molecular weight is 369 g/mol. The standard InChI is InChI=1S/C23H19N3O2/c27-23(22-15-24-20-8-4-5-9-21(20)26-22)25-14-17-10-12-19(13-11-17)28-16-18-6-2-1-3-7-18/h1-13,15H,14,16H2,(H,25,27). The number of aromatic nitrogens is 2. The lowest BCUT2D eigenvalue weighted by Crippen LogP contribution is -2.24. The van der Waals surface area contributed by atoms with Crippen molar-refractivity contribution in [3.63, 3.8) is 0 Å². The summed E-state index contributed by atoms with van der Waals surface area (Å²) in [7, 11) is 0. The second-order valence-corrected chi connectivity index (χ2v) is 6.34. The second-order valence-electron chi connectivity index (χ2n) is 6.34. The molecule has 4 aromatic rings. The fraction of sp³-hybridized carbons (Fsp3) is 0.0870. The van der Waals surface area contributed by atoms with E-state index in [-0.39, 0.29) is 5.91 Å². The predicted molar refractivity (Wildman–Crippen MR) is 108 cm³/mol. The van der Waals surface area contributed by atoms with Crippen LogP contribution in [-0.4, -0.2) is 15.9 Å². The first-order valence-electron chi connectivity index (χ1n) is 9.03. The molecule has 3 aromatic carbocycles. The van der Waals surface area contributed by atoms with Crippen LogP contribution >= 0.6 is 0 Å². The molecule has 0 aliphatic carbocycles. The smallest absolute Gasteiger partial charge is 0.271 e. The molecule has 0 bridgehead atoms. The van der Waals surface area contributed by atoms with Crippen LogP contribution < -0.4 is 10.1 Å². The van der Waals surface area contributed by atoms with Crippen LogP contribution in [0.2, 0.25) is 0 Å². The third-order valence-corrected chi connectivity index (χ3v) is 4.31. The molecule has 1 N–H and O–H groups in total. The Morgan fingerprint density at radius 3 is 2.32 bits per heavy atom. The lowest BCUT2D eigenvalue weighted by atomic mass is 10.2. The molecule has 0 spiro atoms. The van der Waals surface area contributed by atoms with Gasteiger partial charge >= 0.3 is 0 Å². The van der Waals surface area contributed by atoms with Gasteiger partial charge in [-0.15, -0.1) is 0 Å². The van der Waals surface area contributed by atoms with Crippen molar-refractivity contribution in [2.75, 3.05) is 0 Å². The Morgan fingerprint density at radius 2 is 1.54 bits per heavy atom. The molecule has 0 saturated carbocycles. The SMILES string of the molecule is O=C(NCc1ccc(OCc2ccccc2)cc1)c1cnc2ccccc2n1. The van der Waals surface area contributed by atoms with Crippen molar-refractivity contribution >= 4 is 16.9 Å². The van der Waals surface area contributed by atoms with Gasteiger partial charge < -0.3 is 10.1 Å². The lowest BCUT2D eigenvalue weighted by molar-refractivity contribution is 0.0946. The summed E-state index contributed by atoms with van der Waals surface area (Å²) in [6, 6.07) is 25.2. The van der Waals surface area contributed by atoms with Crippen LogP contribution in [-0.2, 0) is 13.2 Å². The van der Waals surface area contributed by atoms with E-state index in [9.17, 15) is 4.79 Å². The largest absolute Gasteiger partial charge is 0.489 e. The Hall–Kier alpha value is -3.73. The van der Waals surface area contributed by atoms with E-state index in [1.807, 2.05) is 78.9 Å². The Morgan fingerprint density at radius 1 is 0.821 bits per heavy atom. The second kappa shape index (κ2) is 8.31. The third kappa shape index (κ3) is 4.32. The zero-order valence-electron chi connectivity index (χ0n) is 15.2. The minimum absolute atomic E-state index is 0.248. The predicted octanol–water partition coefficient (Wildman–Crippen LogP) is 4.14. The number of carbonyl (C=O) groups excluding carboxylic acids is 1. The molecule has 0 aliphatic rings. The van der Waals surface area contributed by atoms with Crippen LogP contribution in [0.3, 0.4) is 0 Å². The summed E-state index contributed by atoms with van der Waals surface area (Å²) in [5.41, 5.74) is 3.88. The van der Waals surface area contributed by atoms with E-state index >= 15 is 0 Å². The van der Waals surface area contributed by atoms with Crippen LogP contribution in [0.1, 0.15) is 21.6 Å². The summed E-state index contributed by atoms with van der Waals surface area (Å²) in [5, 5.41) is 2.87. The van der Waals surface area contributed by atoms with Gasteiger partial charge in [-0.3, -0.25) is 9.78 Å². The van der Waals surface area contributed by atoms with E-state index in [2.05, 4.69) is 15.3 Å². The maximum absolute atomic E-state index is 12.3. The van der Waals surface area contributed by atoms with Gasteiger partial charge in [-0.2, -0.15) is 0 Å². The summed E-state index contributed by atoms with van der Waals surface area (Å²) in [6.45, 7) is 0.934. The van der Waals surface area contributed by atoms with E-state index in [0.717, 1.165) is 22.4 Å². The number of amides is 1. The molecule has 1 heterocycles. The zero-order valence-corrected chi connectivity index (χ0v) is 15.2. The molecule has 4 rings (SSSR count). The maximum atomic E-state index is 12.3. The molecule has 0 radical (unpaired) electrons. The van der Waals surface area contributed by atoms with Crippen LogP contribution in [0.4, 0.5) is 0 Å². The molecule has 0 unspecified atom stereocenters. The fourth-order valence-corrected chi connectivity index (χ4v) is 2.78. The highest BCUT2D eigenvalue weighted by Crippen LogP contribution is 2.14. The molecule has 0 saturated heterocycles. The van der Waals surface area contributed by atoms with Crippen molar-refractivity contribution in [1.82, 2.24) is 15.3 Å². The van der Waals surface area contributed by atoms with E-state index in [1.165, 1.54) is 6.20 Å². The first kappa shape index (κ1) is 17.7. The first-order chi connectivity index (χ1) is 13.8. The number of nitrogens with zero attached hydrogens (tertiary/aromatic N) is 2. The van der Waals surface area contributed by atoms with Crippen molar-refractivity contribution in [3.05, 3.63) is 102 Å². The minimum Gasteiger partial charge on any atom is -0.489 e. The van der Waals surface area contributed by atoms with Gasteiger partial charge in [0, 0.05) is 6.54 Å². The number of ether oxygens (including phenoxy) is 1. The van der Waals surface area contributed by atoms with Gasteiger partial charge in [0.05, 0.1) is 17.2 Å². The summed E-state index contributed by atoms with van der Waals surface area (Å²) in [6.07, 6.45) is 1.50. The number of nitrogens with one attached hydrogen (secondary N) is 1. The highest BCUT2D eigenvalue weighted by molar-refractivity contribution is 5.93. The molecule has 1 aromatic heterocycles. The monoisotopic (exact) mass is 369 g/mol. The number of hydrogen-bond donors (Lipinski definition) is 1. The van der Waals surface area contributed by atoms with Gasteiger partial charge in [-0.25, -0.2) is 4.98 Å². The van der Waals surface area contributed by atoms with Crippen molar-refractivity contribution < 1.29 is 9.53 Å². The van der Waals surface area contributed by atoms with Gasteiger partial charge in [0.15, 0.2) is 0 Å². The summed E-state index contributed by atoms with van der Waals surface area (Å²) < 4.78 is 5.78. The van der Waals surface area contributed by atoms with Gasteiger partial charge in [0.1, 0.15) is 18.1 Å². The molecule has 0 atom stereocenters. The molecule has 28 heavy (non-hydrogen) atoms. The molecular formula is C23H19N3O2. The van der Waals surface area contributed by atoms with Crippen LogP contribution in [0, 0.1) is 0 Å². The number of hydrogen-bond acceptors (Lipinski definition) is 4. The Bertz CT molecular complexity index is 1080. The number of rotatable bonds is 6. The number of para-hydroxylation sites is 2. The van der Waals surface area contributed by atoms with Crippen LogP contribution in [0.25, 0.3) is 11.0 Å². The number of fused-ring (bicyclic) bond motifs is 1. The van der Waals surface area contributed by atoms with Crippen molar-refractivity contribution in [2.45, 2.75) is 13.2 Å². The van der Waals surface area contributed by atoms with Crippen molar-refractivity contribution in [1.29, 1.82) is 0 Å². The normalized spacial score (nSPS) is 10.6. The minimum atomic E-state index is -0.248. The summed E-state index contributed by atoms with van der Waals surface area (Å²) in [4.78, 5) is 21.0. The van der Waals surface area contributed by atoms with Gasteiger partial charge in [-0.1, -0.05) is 54.6 Å². The maximum Gasteiger partial charge on any atom is 0.271 e. The highest BCUT2D eigenvalue weighted by atomic mass is 16.5. The number of carbonyl (C=O) groups is 1. The van der Waals surface area contributed by atoms with E-state index in [4.69, 9.17) is 4.74 Å². The van der Waals surface area contributed by atoms with Crippen molar-refractivity contribution in [2.24, 2.45) is 0 Å². The van der Waals surface area contributed by atoms with Crippen LogP contribution in [0.15, 0.2) is 85.1 Å². The molecule has 0 aliphatic heterocycles. The van der Waals surface area contributed by atoms with Gasteiger partial charge in [0.2, 0.25) is 0 Å². The lowest BCUT2D eigenvalue weighted by Gasteiger charge is -2.08. The molecule has 5 heteroatoms. The molecule has 1 amide bonds. The van der Waals surface area contributed by atoms with Crippen molar-refractivity contribution in [3.8, 4) is 5.75 Å². The topological polar surface area (TPSA) is 64.1 Å². The first-order valence-corrected chi connectivity index (χ1v) is 9.03. The fourth-order valence-electron chi connectivity index (χ4n) is 2.78. The Labute approximate surface area is 163 Å². The third-order valence-electron chi connectivity index (χ3n) is 4.31. The van der Waals surface area contributed by atoms with Gasteiger partial charge in [-0.05, 0) is 35.4 Å².